The van der Waals surface area contributed by atoms with Crippen LogP contribution in [0.1, 0.15) is 66.5 Å². The van der Waals surface area contributed by atoms with Gasteiger partial charge in [-0.05, 0) is 65.7 Å². The predicted octanol–water partition coefficient (Wildman–Crippen LogP) is 2.47. The topological polar surface area (TPSA) is 128 Å². The Bertz CT molecular complexity index is 780. The van der Waals surface area contributed by atoms with Crippen molar-refractivity contribution in [2.24, 2.45) is 0 Å². The molecule has 32 heavy (non-hydrogen) atoms. The minimum absolute atomic E-state index is 0.0249. The standard InChI is InChI=1S/C23H37N3O6/c1-8-13-26(20(30)17(14-27)24-21(31)32-23(5,6)7)18(19(29)25-22(2,3)4)15-9-11-16(28)12-10-15/h9-12,17-18,27-28H,8,13-14H2,1-7H3,(H,24,31)(H,25,29). The van der Waals surface area contributed by atoms with Crippen LogP contribution in [0, 0.1) is 0 Å². The van der Waals surface area contributed by atoms with Gasteiger partial charge in [0.15, 0.2) is 0 Å². The maximum absolute atomic E-state index is 13.4. The smallest absolute Gasteiger partial charge is 0.408 e. The van der Waals surface area contributed by atoms with Crippen LogP contribution in [0.25, 0.3) is 0 Å². The molecular weight excluding hydrogens is 414 g/mol. The van der Waals surface area contributed by atoms with Crippen LogP contribution in [-0.4, -0.2) is 63.4 Å². The molecule has 1 aromatic rings. The van der Waals surface area contributed by atoms with Gasteiger partial charge >= 0.3 is 6.09 Å². The number of aliphatic hydroxyl groups is 1. The average Bonchev–Trinajstić information content (AvgIpc) is 2.63. The Morgan fingerprint density at radius 3 is 2.06 bits per heavy atom. The summed E-state index contributed by atoms with van der Waals surface area (Å²) in [6.07, 6.45) is -0.310. The second kappa shape index (κ2) is 11.2. The minimum atomic E-state index is -1.29. The van der Waals surface area contributed by atoms with Crippen LogP contribution in [0.15, 0.2) is 24.3 Å². The van der Waals surface area contributed by atoms with Gasteiger partial charge in [0, 0.05) is 12.1 Å². The van der Waals surface area contributed by atoms with E-state index in [9.17, 15) is 24.6 Å². The molecule has 0 saturated carbocycles. The Morgan fingerprint density at radius 2 is 1.62 bits per heavy atom. The molecule has 1 aromatic carbocycles. The summed E-state index contributed by atoms with van der Waals surface area (Å²) in [5.41, 5.74) is -0.851. The lowest BCUT2D eigenvalue weighted by molar-refractivity contribution is -0.143. The highest BCUT2D eigenvalue weighted by atomic mass is 16.6. The summed E-state index contributed by atoms with van der Waals surface area (Å²) < 4.78 is 5.19. The number of ether oxygens (including phenoxy) is 1. The average molecular weight is 452 g/mol. The van der Waals surface area contributed by atoms with Crippen molar-refractivity contribution in [1.29, 1.82) is 0 Å². The summed E-state index contributed by atoms with van der Waals surface area (Å²) in [5.74, 6) is -1.02. The van der Waals surface area contributed by atoms with E-state index in [4.69, 9.17) is 4.74 Å². The zero-order valence-electron chi connectivity index (χ0n) is 20.1. The molecule has 0 fully saturated rings. The molecule has 1 rings (SSSR count). The van der Waals surface area contributed by atoms with Gasteiger partial charge in [-0.15, -0.1) is 0 Å². The lowest BCUT2D eigenvalue weighted by Gasteiger charge is -2.35. The van der Waals surface area contributed by atoms with Gasteiger partial charge in [0.1, 0.15) is 23.4 Å². The van der Waals surface area contributed by atoms with Crippen molar-refractivity contribution in [3.8, 4) is 5.75 Å². The third-order valence-corrected chi connectivity index (χ3v) is 4.19. The molecule has 3 amide bonds. The molecule has 0 heterocycles. The van der Waals surface area contributed by atoms with E-state index in [1.54, 1.807) is 32.9 Å². The SMILES string of the molecule is CCCN(C(=O)C(CO)NC(=O)OC(C)(C)C)C(C(=O)NC(C)(C)C)c1ccc(O)cc1. The quantitative estimate of drug-likeness (QED) is 0.481. The van der Waals surface area contributed by atoms with E-state index in [0.29, 0.717) is 12.0 Å². The first-order chi connectivity index (χ1) is 14.7. The Balaban J connectivity index is 3.32. The maximum atomic E-state index is 13.4. The molecular formula is C23H37N3O6. The number of benzene rings is 1. The number of phenols is 1. The number of aliphatic hydroxyl groups excluding tert-OH is 1. The van der Waals surface area contributed by atoms with Crippen LogP contribution in [0.3, 0.4) is 0 Å². The van der Waals surface area contributed by atoms with Crippen LogP contribution in [0.4, 0.5) is 4.79 Å². The maximum Gasteiger partial charge on any atom is 0.408 e. The number of aromatic hydroxyl groups is 1. The monoisotopic (exact) mass is 451 g/mol. The van der Waals surface area contributed by atoms with Crippen molar-refractivity contribution in [3.05, 3.63) is 29.8 Å². The van der Waals surface area contributed by atoms with Crippen LogP contribution < -0.4 is 10.6 Å². The molecule has 0 aliphatic rings. The summed E-state index contributed by atoms with van der Waals surface area (Å²) >= 11 is 0. The second-order valence-corrected chi connectivity index (χ2v) is 9.65. The van der Waals surface area contributed by atoms with Crippen molar-refractivity contribution in [3.63, 3.8) is 0 Å². The van der Waals surface area contributed by atoms with Gasteiger partial charge in [-0.1, -0.05) is 19.1 Å². The Hall–Kier alpha value is -2.81. The van der Waals surface area contributed by atoms with Crippen LogP contribution in [0.5, 0.6) is 5.75 Å². The molecule has 0 aliphatic carbocycles. The van der Waals surface area contributed by atoms with Crippen molar-refractivity contribution < 1.29 is 29.3 Å². The third-order valence-electron chi connectivity index (χ3n) is 4.19. The lowest BCUT2D eigenvalue weighted by Crippen LogP contribution is -2.55. The van der Waals surface area contributed by atoms with E-state index >= 15 is 0 Å². The molecule has 2 atom stereocenters. The molecule has 9 heteroatoms. The highest BCUT2D eigenvalue weighted by Crippen LogP contribution is 2.25. The fourth-order valence-electron chi connectivity index (χ4n) is 3.01. The molecule has 0 bridgehead atoms. The van der Waals surface area contributed by atoms with Crippen molar-refractivity contribution >= 4 is 17.9 Å². The minimum Gasteiger partial charge on any atom is -0.508 e. The first kappa shape index (κ1) is 27.2. The first-order valence-corrected chi connectivity index (χ1v) is 10.7. The van der Waals surface area contributed by atoms with E-state index in [0.717, 1.165) is 0 Å². The number of hydrogen-bond acceptors (Lipinski definition) is 6. The zero-order chi connectivity index (χ0) is 24.7. The molecule has 0 radical (unpaired) electrons. The normalized spacial score (nSPS) is 13.6. The van der Waals surface area contributed by atoms with Crippen LogP contribution >= 0.6 is 0 Å². The number of carbonyl (C=O) groups excluding carboxylic acids is 3. The Kier molecular flexibility index (Phi) is 9.51. The number of rotatable bonds is 8. The number of phenolic OH excluding ortho intramolecular Hbond substituents is 1. The van der Waals surface area contributed by atoms with E-state index in [1.807, 2.05) is 27.7 Å². The number of alkyl carbamates (subject to hydrolysis) is 1. The zero-order valence-corrected chi connectivity index (χ0v) is 20.1. The summed E-state index contributed by atoms with van der Waals surface area (Å²) in [6.45, 7) is 11.9. The Labute approximate surface area is 190 Å². The predicted molar refractivity (Wildman–Crippen MR) is 121 cm³/mol. The molecule has 4 N–H and O–H groups in total. The molecule has 0 aliphatic heterocycles. The molecule has 0 aromatic heterocycles. The van der Waals surface area contributed by atoms with Gasteiger partial charge in [-0.3, -0.25) is 9.59 Å². The molecule has 9 nitrogen and oxygen atoms in total. The summed E-state index contributed by atoms with van der Waals surface area (Å²) in [5, 5.41) is 24.8. The van der Waals surface area contributed by atoms with Crippen molar-refractivity contribution in [1.82, 2.24) is 15.5 Å². The van der Waals surface area contributed by atoms with Gasteiger partial charge in [0.05, 0.1) is 6.61 Å². The Morgan fingerprint density at radius 1 is 1.06 bits per heavy atom. The second-order valence-electron chi connectivity index (χ2n) is 9.65. The van der Waals surface area contributed by atoms with E-state index < -0.39 is 47.7 Å². The molecule has 180 valence electrons. The molecule has 0 spiro atoms. The van der Waals surface area contributed by atoms with Gasteiger partial charge in [0.25, 0.3) is 0 Å². The summed E-state index contributed by atoms with van der Waals surface area (Å²) in [6, 6.07) is 3.67. The third kappa shape index (κ3) is 8.74. The van der Waals surface area contributed by atoms with Crippen molar-refractivity contribution in [2.75, 3.05) is 13.2 Å². The highest BCUT2D eigenvalue weighted by Gasteiger charge is 2.36. The number of amides is 3. The molecule has 0 saturated heterocycles. The van der Waals surface area contributed by atoms with Gasteiger partial charge < -0.3 is 30.5 Å². The van der Waals surface area contributed by atoms with E-state index in [1.165, 1.54) is 17.0 Å². The van der Waals surface area contributed by atoms with Gasteiger partial charge in [-0.2, -0.15) is 0 Å². The number of hydrogen-bond donors (Lipinski definition) is 4. The fraction of sp³-hybridized carbons (Fsp3) is 0.609. The summed E-state index contributed by atoms with van der Waals surface area (Å²) in [4.78, 5) is 40.1. The largest absolute Gasteiger partial charge is 0.508 e. The van der Waals surface area contributed by atoms with E-state index in [-0.39, 0.29) is 12.3 Å². The fourth-order valence-corrected chi connectivity index (χ4v) is 3.01. The number of carbonyl (C=O) groups is 3. The lowest BCUT2D eigenvalue weighted by atomic mass is 10.0. The van der Waals surface area contributed by atoms with Crippen molar-refractivity contribution in [2.45, 2.75) is 78.1 Å². The summed E-state index contributed by atoms with van der Waals surface area (Å²) in [7, 11) is 0. The van der Waals surface area contributed by atoms with E-state index in [2.05, 4.69) is 10.6 Å². The highest BCUT2D eigenvalue weighted by molar-refractivity contribution is 5.92. The number of nitrogens with one attached hydrogen (secondary N) is 2. The van der Waals surface area contributed by atoms with Gasteiger partial charge in [-0.25, -0.2) is 4.79 Å². The van der Waals surface area contributed by atoms with Crippen LogP contribution in [0.2, 0.25) is 0 Å². The van der Waals surface area contributed by atoms with Crippen LogP contribution in [-0.2, 0) is 14.3 Å². The molecule has 2 unspecified atom stereocenters. The van der Waals surface area contributed by atoms with Gasteiger partial charge in [0.2, 0.25) is 11.8 Å². The first-order valence-electron chi connectivity index (χ1n) is 10.7. The number of nitrogens with zero attached hydrogens (tertiary/aromatic N) is 1.